The number of anilines is 2. The van der Waals surface area contributed by atoms with Crippen molar-refractivity contribution in [3.8, 4) is 0 Å². The van der Waals surface area contributed by atoms with Crippen LogP contribution in [0.25, 0.3) is 0 Å². The van der Waals surface area contributed by atoms with Crippen LogP contribution in [0.2, 0.25) is 10.0 Å². The van der Waals surface area contributed by atoms with E-state index in [1.807, 2.05) is 12.2 Å². The monoisotopic (exact) mass is 419 g/mol. The highest BCUT2D eigenvalue weighted by atomic mass is 35.5. The smallest absolute Gasteiger partial charge is 0.235 e. The van der Waals surface area contributed by atoms with Crippen molar-refractivity contribution in [1.29, 1.82) is 0 Å². The maximum Gasteiger partial charge on any atom is 0.235 e. The van der Waals surface area contributed by atoms with Gasteiger partial charge in [-0.1, -0.05) is 40.5 Å². The quantitative estimate of drug-likeness (QED) is 0.771. The van der Waals surface area contributed by atoms with E-state index in [0.29, 0.717) is 33.9 Å². The number of hydrogen-bond donors (Lipinski definition) is 1. The Morgan fingerprint density at radius 2 is 2.14 bits per heavy atom. The van der Waals surface area contributed by atoms with Crippen molar-refractivity contribution in [1.82, 2.24) is 5.16 Å². The minimum absolute atomic E-state index is 0.200. The number of nitrogens with one attached hydrogen (secondary N) is 1. The van der Waals surface area contributed by atoms with Crippen molar-refractivity contribution in [2.24, 2.45) is 11.8 Å². The number of aromatic nitrogens is 1. The van der Waals surface area contributed by atoms with E-state index >= 15 is 0 Å². The summed E-state index contributed by atoms with van der Waals surface area (Å²) in [6.07, 6.45) is 3.29. The zero-order valence-corrected chi connectivity index (χ0v) is 16.2. The fraction of sp³-hybridized carbons (Fsp3) is 0.316. The average Bonchev–Trinajstić information content (AvgIpc) is 3.39. The van der Waals surface area contributed by atoms with Crippen LogP contribution in [-0.2, 0) is 14.3 Å². The number of fused-ring (bicyclic) bond motifs is 1. The molecule has 1 aromatic carbocycles. The second kappa shape index (κ2) is 6.07. The Morgan fingerprint density at radius 3 is 2.86 bits per heavy atom. The summed E-state index contributed by atoms with van der Waals surface area (Å²) in [5.74, 6) is -0.741. The molecule has 0 saturated carbocycles. The van der Waals surface area contributed by atoms with Gasteiger partial charge in [-0.15, -0.1) is 0 Å². The minimum atomic E-state index is -0.825. The molecule has 2 bridgehead atoms. The third-order valence-corrected chi connectivity index (χ3v) is 6.22. The Kier molecular flexibility index (Phi) is 3.84. The van der Waals surface area contributed by atoms with Crippen LogP contribution in [0.3, 0.4) is 0 Å². The number of amides is 2. The Morgan fingerprint density at radius 1 is 1.32 bits per heavy atom. The van der Waals surface area contributed by atoms with E-state index in [9.17, 15) is 9.59 Å². The third-order valence-electron chi connectivity index (χ3n) is 5.48. The van der Waals surface area contributed by atoms with Gasteiger partial charge in [0.05, 0.1) is 34.5 Å². The number of carbonyl (C=O) groups excluding carboxylic acids is 2. The lowest BCUT2D eigenvalue weighted by molar-refractivity contribution is -0.128. The largest absolute Gasteiger partial charge is 0.360 e. The van der Waals surface area contributed by atoms with Crippen LogP contribution in [0, 0.1) is 18.8 Å². The summed E-state index contributed by atoms with van der Waals surface area (Å²) in [6, 6.07) is 6.53. The Balaban J connectivity index is 1.43. The molecule has 7 nitrogen and oxygen atoms in total. The molecular formula is C19H15Cl2N3O4. The molecule has 28 heavy (non-hydrogen) atoms. The number of aryl methyl sites for hydroxylation is 1. The molecule has 2 aromatic rings. The molecule has 0 aliphatic carbocycles. The topological polar surface area (TPSA) is 84.7 Å². The van der Waals surface area contributed by atoms with Gasteiger partial charge >= 0.3 is 0 Å². The predicted molar refractivity (Wildman–Crippen MR) is 102 cm³/mol. The lowest BCUT2D eigenvalue weighted by Gasteiger charge is -2.23. The van der Waals surface area contributed by atoms with Crippen LogP contribution in [0.15, 0.2) is 40.9 Å². The summed E-state index contributed by atoms with van der Waals surface area (Å²) in [7, 11) is 0. The summed E-state index contributed by atoms with van der Waals surface area (Å²) >= 11 is 11.9. The summed E-state index contributed by atoms with van der Waals surface area (Å²) in [5, 5.41) is 7.49. The standard InChI is InChI=1S/C19H15Cl2N3O4/c1-9-6-14(23-28-9)24-8-19-5-4-13(27-19)15(16(19)18(24)26)17(25)22-10-2-3-11(20)12(21)7-10/h2-7,13,15-16H,8H2,1H3,(H,22,25)/t13-,15-,16-,19+/m1/s1. The first-order valence-corrected chi connectivity index (χ1v) is 9.51. The van der Waals surface area contributed by atoms with Crippen LogP contribution >= 0.6 is 23.2 Å². The maximum atomic E-state index is 13.2. The van der Waals surface area contributed by atoms with E-state index in [4.69, 9.17) is 32.5 Å². The number of halogens is 2. The number of rotatable bonds is 3. The molecular weight excluding hydrogens is 405 g/mol. The van der Waals surface area contributed by atoms with E-state index in [1.165, 1.54) is 4.90 Å². The lowest BCUT2D eigenvalue weighted by Crippen LogP contribution is -2.41. The molecule has 1 aromatic heterocycles. The molecule has 1 spiro atoms. The van der Waals surface area contributed by atoms with Gasteiger partial charge in [-0.3, -0.25) is 14.5 Å². The molecule has 144 valence electrons. The molecule has 9 heteroatoms. The number of hydrogen-bond acceptors (Lipinski definition) is 5. The minimum Gasteiger partial charge on any atom is -0.360 e. The van der Waals surface area contributed by atoms with Crippen LogP contribution < -0.4 is 10.2 Å². The fourth-order valence-corrected chi connectivity index (χ4v) is 4.57. The molecule has 1 N–H and O–H groups in total. The Hall–Kier alpha value is -2.35. The first kappa shape index (κ1) is 17.7. The molecule has 5 rings (SSSR count). The van der Waals surface area contributed by atoms with E-state index < -0.39 is 23.5 Å². The molecule has 0 unspecified atom stereocenters. The van der Waals surface area contributed by atoms with E-state index in [0.717, 1.165) is 0 Å². The molecule has 3 aliphatic heterocycles. The lowest BCUT2D eigenvalue weighted by atomic mass is 9.77. The molecule has 2 amide bonds. The van der Waals surface area contributed by atoms with Gasteiger partial charge in [0.15, 0.2) is 5.82 Å². The van der Waals surface area contributed by atoms with Gasteiger partial charge in [-0.25, -0.2) is 0 Å². The van der Waals surface area contributed by atoms with Gasteiger partial charge < -0.3 is 14.6 Å². The number of benzene rings is 1. The van der Waals surface area contributed by atoms with Crippen LogP contribution in [-0.4, -0.2) is 35.2 Å². The fourth-order valence-electron chi connectivity index (χ4n) is 4.27. The molecule has 4 atom stereocenters. The number of nitrogens with zero attached hydrogens (tertiary/aromatic N) is 2. The highest BCUT2D eigenvalue weighted by Gasteiger charge is 2.67. The first-order valence-electron chi connectivity index (χ1n) is 8.76. The second-order valence-electron chi connectivity index (χ2n) is 7.24. The molecule has 2 saturated heterocycles. The summed E-state index contributed by atoms with van der Waals surface area (Å²) in [5.41, 5.74) is -0.316. The van der Waals surface area contributed by atoms with E-state index in [-0.39, 0.29) is 11.8 Å². The molecule has 2 fully saturated rings. The molecule has 0 radical (unpaired) electrons. The highest BCUT2D eigenvalue weighted by Crippen LogP contribution is 2.52. The van der Waals surface area contributed by atoms with Gasteiger partial charge in [-0.2, -0.15) is 0 Å². The van der Waals surface area contributed by atoms with Crippen LogP contribution in [0.4, 0.5) is 11.5 Å². The van der Waals surface area contributed by atoms with Crippen molar-refractivity contribution in [2.45, 2.75) is 18.6 Å². The normalized spacial score (nSPS) is 30.2. The van der Waals surface area contributed by atoms with E-state index in [2.05, 4.69) is 10.5 Å². The van der Waals surface area contributed by atoms with Crippen molar-refractivity contribution in [3.05, 3.63) is 52.2 Å². The SMILES string of the molecule is Cc1cc(N2C[C@]34C=C[C@@H](O3)[C@@H](C(=O)Nc3ccc(Cl)c(Cl)c3)[C@@H]4C2=O)no1. The summed E-state index contributed by atoms with van der Waals surface area (Å²) in [6.45, 7) is 2.05. The Labute approximate surface area is 170 Å². The van der Waals surface area contributed by atoms with Crippen LogP contribution in [0.1, 0.15) is 5.76 Å². The second-order valence-corrected chi connectivity index (χ2v) is 8.05. The van der Waals surface area contributed by atoms with Crippen molar-refractivity contribution in [3.63, 3.8) is 0 Å². The van der Waals surface area contributed by atoms with Gasteiger partial charge in [0.25, 0.3) is 0 Å². The summed E-state index contributed by atoms with van der Waals surface area (Å²) < 4.78 is 11.2. The average molecular weight is 420 g/mol. The van der Waals surface area contributed by atoms with Gasteiger partial charge in [0, 0.05) is 11.8 Å². The van der Waals surface area contributed by atoms with Crippen molar-refractivity contribution >= 4 is 46.5 Å². The first-order chi connectivity index (χ1) is 13.4. The van der Waals surface area contributed by atoms with Gasteiger partial charge in [-0.05, 0) is 25.1 Å². The zero-order chi connectivity index (χ0) is 19.6. The van der Waals surface area contributed by atoms with Gasteiger partial charge in [0.2, 0.25) is 11.8 Å². The third kappa shape index (κ3) is 2.50. The van der Waals surface area contributed by atoms with E-state index in [1.54, 1.807) is 31.2 Å². The predicted octanol–water partition coefficient (Wildman–Crippen LogP) is 3.21. The number of ether oxygens (including phenoxy) is 1. The Bertz CT molecular complexity index is 1040. The molecule has 3 aliphatic rings. The van der Waals surface area contributed by atoms with Crippen LogP contribution in [0.5, 0.6) is 0 Å². The van der Waals surface area contributed by atoms with Crippen molar-refractivity contribution < 1.29 is 18.8 Å². The highest BCUT2D eigenvalue weighted by molar-refractivity contribution is 6.42. The summed E-state index contributed by atoms with van der Waals surface area (Å²) in [4.78, 5) is 27.7. The van der Waals surface area contributed by atoms with Gasteiger partial charge in [0.1, 0.15) is 11.4 Å². The number of carbonyl (C=O) groups is 2. The molecule has 4 heterocycles. The zero-order valence-electron chi connectivity index (χ0n) is 14.7. The maximum absolute atomic E-state index is 13.2. The van der Waals surface area contributed by atoms with Crippen molar-refractivity contribution in [2.75, 3.05) is 16.8 Å².